The van der Waals surface area contributed by atoms with Crippen LogP contribution in [0.1, 0.15) is 10.4 Å². The zero-order valence-corrected chi connectivity index (χ0v) is 11.2. The van der Waals surface area contributed by atoms with E-state index in [2.05, 4.69) is 56.2 Å². The Balaban J connectivity index is 2.02. The molecule has 15 heavy (non-hydrogen) atoms. The molecule has 0 fully saturated rings. The van der Waals surface area contributed by atoms with Gasteiger partial charge in [-0.25, -0.2) is 9.97 Å². The monoisotopic (exact) mass is 331 g/mol. The van der Waals surface area contributed by atoms with E-state index in [1.165, 1.54) is 10.4 Å². The number of nitrogens with zero attached hydrogens (tertiary/aromatic N) is 2. The zero-order valence-electron chi connectivity index (χ0n) is 8.20. The van der Waals surface area contributed by atoms with Crippen LogP contribution in [0.15, 0.2) is 24.0 Å². The van der Waals surface area contributed by atoms with E-state index in [1.54, 1.807) is 23.9 Å². The lowest BCUT2D eigenvalue weighted by Crippen LogP contribution is -2.01. The number of rotatable bonds is 3. The van der Waals surface area contributed by atoms with Crippen LogP contribution in [-0.2, 0) is 6.54 Å². The summed E-state index contributed by atoms with van der Waals surface area (Å²) in [5, 5.41) is 5.45. The molecule has 0 saturated heterocycles. The maximum Gasteiger partial charge on any atom is 0.143 e. The predicted molar refractivity (Wildman–Crippen MR) is 71.1 cm³/mol. The van der Waals surface area contributed by atoms with Gasteiger partial charge >= 0.3 is 0 Å². The molecule has 0 saturated carbocycles. The van der Waals surface area contributed by atoms with Gasteiger partial charge in [0.25, 0.3) is 0 Å². The highest BCUT2D eigenvalue weighted by Crippen LogP contribution is 2.17. The maximum atomic E-state index is 4.18. The Morgan fingerprint density at radius 3 is 3.07 bits per heavy atom. The van der Waals surface area contributed by atoms with Crippen molar-refractivity contribution in [3.63, 3.8) is 0 Å². The molecule has 0 unspecified atom stereocenters. The molecule has 0 aliphatic carbocycles. The van der Waals surface area contributed by atoms with E-state index >= 15 is 0 Å². The van der Waals surface area contributed by atoms with Gasteiger partial charge in [-0.3, -0.25) is 0 Å². The molecule has 2 heterocycles. The number of nitrogens with one attached hydrogen (secondary N) is 1. The number of anilines is 1. The van der Waals surface area contributed by atoms with E-state index in [0.29, 0.717) is 0 Å². The average molecular weight is 331 g/mol. The Labute approximate surface area is 106 Å². The summed E-state index contributed by atoms with van der Waals surface area (Å²) >= 11 is 3.99. The Morgan fingerprint density at radius 1 is 1.53 bits per heavy atom. The van der Waals surface area contributed by atoms with Crippen LogP contribution in [0.3, 0.4) is 0 Å². The van der Waals surface area contributed by atoms with Crippen LogP contribution < -0.4 is 5.32 Å². The summed E-state index contributed by atoms with van der Waals surface area (Å²) in [4.78, 5) is 9.44. The fraction of sp³-hybridized carbons (Fsp3) is 0.200. The summed E-state index contributed by atoms with van der Waals surface area (Å²) in [6, 6.07) is 2.19. The molecule has 2 rings (SSSR count). The van der Waals surface area contributed by atoms with Gasteiger partial charge in [-0.05, 0) is 46.5 Å². The lowest BCUT2D eigenvalue weighted by molar-refractivity contribution is 1.08. The van der Waals surface area contributed by atoms with Crippen LogP contribution >= 0.6 is 33.9 Å². The van der Waals surface area contributed by atoms with Crippen molar-refractivity contribution in [2.75, 3.05) is 5.32 Å². The van der Waals surface area contributed by atoms with Gasteiger partial charge in [0, 0.05) is 11.1 Å². The molecule has 3 nitrogen and oxygen atoms in total. The minimum Gasteiger partial charge on any atom is -0.364 e. The third-order valence-corrected chi connectivity index (χ3v) is 3.73. The van der Waals surface area contributed by atoms with Crippen molar-refractivity contribution in [1.29, 1.82) is 0 Å². The van der Waals surface area contributed by atoms with Gasteiger partial charge in [-0.1, -0.05) is 0 Å². The molecular formula is C10H10IN3S. The first kappa shape index (κ1) is 10.8. The largest absolute Gasteiger partial charge is 0.364 e. The molecule has 0 atom stereocenters. The average Bonchev–Trinajstić information content (AvgIpc) is 2.63. The van der Waals surface area contributed by atoms with Crippen molar-refractivity contribution in [3.8, 4) is 0 Å². The minimum atomic E-state index is 0.825. The standard InChI is InChI=1S/C10H10IN3S/c1-7-2-8(15-5-7)3-13-10-9(11)4-12-6-14-10/h2,4-6H,3H2,1H3,(H,12,13,14). The highest BCUT2D eigenvalue weighted by molar-refractivity contribution is 14.1. The predicted octanol–water partition coefficient (Wildman–Crippen LogP) is 3.06. The lowest BCUT2D eigenvalue weighted by atomic mass is 10.3. The molecular weight excluding hydrogens is 321 g/mol. The number of thiophene rings is 1. The number of hydrogen-bond acceptors (Lipinski definition) is 4. The van der Waals surface area contributed by atoms with Crippen LogP contribution in [0.4, 0.5) is 5.82 Å². The Kier molecular flexibility index (Phi) is 3.53. The SMILES string of the molecule is Cc1csc(CNc2ncncc2I)c1. The summed E-state index contributed by atoms with van der Waals surface area (Å²) in [7, 11) is 0. The van der Waals surface area contributed by atoms with Gasteiger partial charge in [0.15, 0.2) is 0 Å². The van der Waals surface area contributed by atoms with Gasteiger partial charge in [0.1, 0.15) is 12.1 Å². The van der Waals surface area contributed by atoms with E-state index in [4.69, 9.17) is 0 Å². The molecule has 0 amide bonds. The molecule has 0 aliphatic rings. The van der Waals surface area contributed by atoms with Crippen LogP contribution in [0.2, 0.25) is 0 Å². The molecule has 0 radical (unpaired) electrons. The van der Waals surface area contributed by atoms with Gasteiger partial charge in [0.05, 0.1) is 10.1 Å². The maximum absolute atomic E-state index is 4.18. The van der Waals surface area contributed by atoms with Gasteiger partial charge in [0.2, 0.25) is 0 Å². The Morgan fingerprint density at radius 2 is 2.40 bits per heavy atom. The minimum absolute atomic E-state index is 0.825. The van der Waals surface area contributed by atoms with E-state index in [-0.39, 0.29) is 0 Å². The molecule has 0 aromatic carbocycles. The van der Waals surface area contributed by atoms with Crippen LogP contribution in [0.5, 0.6) is 0 Å². The summed E-state index contributed by atoms with van der Waals surface area (Å²) in [5.74, 6) is 0.900. The Bertz CT molecular complexity index is 455. The van der Waals surface area contributed by atoms with Crippen LogP contribution in [-0.4, -0.2) is 9.97 Å². The lowest BCUT2D eigenvalue weighted by Gasteiger charge is -2.04. The molecule has 0 aliphatic heterocycles. The van der Waals surface area contributed by atoms with Crippen LogP contribution in [0, 0.1) is 10.5 Å². The number of aryl methyl sites for hydroxylation is 1. The van der Waals surface area contributed by atoms with Gasteiger partial charge in [-0.15, -0.1) is 11.3 Å². The van der Waals surface area contributed by atoms with Crippen molar-refractivity contribution in [2.45, 2.75) is 13.5 Å². The van der Waals surface area contributed by atoms with Gasteiger partial charge < -0.3 is 5.32 Å². The first-order valence-corrected chi connectivity index (χ1v) is 6.45. The van der Waals surface area contributed by atoms with Crippen molar-refractivity contribution in [1.82, 2.24) is 9.97 Å². The summed E-state index contributed by atoms with van der Waals surface area (Å²) in [6.45, 7) is 2.93. The second-order valence-electron chi connectivity index (χ2n) is 3.16. The molecule has 5 heteroatoms. The van der Waals surface area contributed by atoms with Crippen molar-refractivity contribution in [3.05, 3.63) is 38.0 Å². The second kappa shape index (κ2) is 4.89. The number of hydrogen-bond donors (Lipinski definition) is 1. The normalized spacial score (nSPS) is 10.3. The van der Waals surface area contributed by atoms with E-state index in [0.717, 1.165) is 15.9 Å². The Hall–Kier alpha value is -0.690. The zero-order chi connectivity index (χ0) is 10.7. The van der Waals surface area contributed by atoms with Gasteiger partial charge in [-0.2, -0.15) is 0 Å². The smallest absolute Gasteiger partial charge is 0.143 e. The first-order valence-electron chi connectivity index (χ1n) is 4.49. The fourth-order valence-corrected chi connectivity index (χ4v) is 2.50. The topological polar surface area (TPSA) is 37.8 Å². The van der Waals surface area contributed by atoms with Crippen LogP contribution in [0.25, 0.3) is 0 Å². The number of halogens is 1. The molecule has 1 N–H and O–H groups in total. The number of aromatic nitrogens is 2. The van der Waals surface area contributed by atoms with Crippen molar-refractivity contribution in [2.24, 2.45) is 0 Å². The highest BCUT2D eigenvalue weighted by Gasteiger charge is 2.01. The quantitative estimate of drug-likeness (QED) is 0.879. The first-order chi connectivity index (χ1) is 7.25. The second-order valence-corrected chi connectivity index (χ2v) is 5.32. The molecule has 0 spiro atoms. The van der Waals surface area contributed by atoms with E-state index in [1.807, 2.05) is 0 Å². The molecule has 78 valence electrons. The fourth-order valence-electron chi connectivity index (χ4n) is 1.20. The van der Waals surface area contributed by atoms with Crippen molar-refractivity contribution < 1.29 is 0 Å². The summed E-state index contributed by atoms with van der Waals surface area (Å²) in [6.07, 6.45) is 3.36. The molecule has 2 aromatic rings. The summed E-state index contributed by atoms with van der Waals surface area (Å²) in [5.41, 5.74) is 1.31. The third kappa shape index (κ3) is 2.88. The van der Waals surface area contributed by atoms with Crippen molar-refractivity contribution >= 4 is 39.7 Å². The summed E-state index contributed by atoms with van der Waals surface area (Å²) < 4.78 is 1.04. The van der Waals surface area contributed by atoms with E-state index < -0.39 is 0 Å². The van der Waals surface area contributed by atoms with E-state index in [9.17, 15) is 0 Å². The third-order valence-electron chi connectivity index (χ3n) is 1.88. The molecule has 0 bridgehead atoms. The highest BCUT2D eigenvalue weighted by atomic mass is 127. The molecule has 2 aromatic heterocycles.